The topological polar surface area (TPSA) is 17.1 Å². The SMILES string of the molecule is O=C(C=Cc1ccccc1)c1ccc2c(c1)-c1ccccc1C2. The van der Waals surface area contributed by atoms with Crippen molar-refractivity contribution in [2.45, 2.75) is 6.42 Å². The second kappa shape index (κ2) is 5.69. The number of rotatable bonds is 3. The van der Waals surface area contributed by atoms with Crippen molar-refractivity contribution >= 4 is 11.9 Å². The molecule has 3 aromatic rings. The Balaban J connectivity index is 1.65. The molecule has 0 aliphatic heterocycles. The van der Waals surface area contributed by atoms with Gasteiger partial charge in [0.15, 0.2) is 5.78 Å². The van der Waals surface area contributed by atoms with Gasteiger partial charge in [-0.25, -0.2) is 0 Å². The minimum atomic E-state index is 0.0426. The molecule has 0 N–H and O–H groups in total. The van der Waals surface area contributed by atoms with Crippen molar-refractivity contribution in [1.29, 1.82) is 0 Å². The number of allylic oxidation sites excluding steroid dienone is 1. The molecule has 0 amide bonds. The van der Waals surface area contributed by atoms with Crippen LogP contribution in [0.4, 0.5) is 0 Å². The number of benzene rings is 3. The minimum Gasteiger partial charge on any atom is -0.289 e. The zero-order valence-electron chi connectivity index (χ0n) is 12.7. The van der Waals surface area contributed by atoms with Crippen LogP contribution in [0.5, 0.6) is 0 Å². The summed E-state index contributed by atoms with van der Waals surface area (Å²) in [4.78, 5) is 12.4. The van der Waals surface area contributed by atoms with Crippen LogP contribution in [0.1, 0.15) is 27.0 Å². The molecule has 0 radical (unpaired) electrons. The first-order chi connectivity index (χ1) is 11.3. The number of hydrogen-bond donors (Lipinski definition) is 0. The van der Waals surface area contributed by atoms with Crippen LogP contribution in [0, 0.1) is 0 Å². The molecule has 0 aromatic heterocycles. The highest BCUT2D eigenvalue weighted by atomic mass is 16.1. The van der Waals surface area contributed by atoms with Gasteiger partial charge < -0.3 is 0 Å². The highest BCUT2D eigenvalue weighted by Crippen LogP contribution is 2.36. The lowest BCUT2D eigenvalue weighted by Crippen LogP contribution is -1.95. The second-order valence-electron chi connectivity index (χ2n) is 5.81. The Bertz CT molecular complexity index is 904. The molecule has 0 bridgehead atoms. The smallest absolute Gasteiger partial charge is 0.185 e. The van der Waals surface area contributed by atoms with E-state index in [4.69, 9.17) is 0 Å². The molecule has 0 saturated carbocycles. The van der Waals surface area contributed by atoms with Crippen molar-refractivity contribution in [2.24, 2.45) is 0 Å². The molecule has 0 unspecified atom stereocenters. The van der Waals surface area contributed by atoms with Crippen molar-refractivity contribution in [3.8, 4) is 11.1 Å². The van der Waals surface area contributed by atoms with Crippen molar-refractivity contribution in [3.63, 3.8) is 0 Å². The van der Waals surface area contributed by atoms with Gasteiger partial charge in [0.25, 0.3) is 0 Å². The standard InChI is InChI=1S/C22H16O/c23-22(13-10-16-6-2-1-3-7-16)19-12-11-18-14-17-8-4-5-9-20(17)21(18)15-19/h1-13,15H,14H2. The van der Waals surface area contributed by atoms with Gasteiger partial charge >= 0.3 is 0 Å². The van der Waals surface area contributed by atoms with E-state index in [1.54, 1.807) is 6.08 Å². The van der Waals surface area contributed by atoms with Crippen molar-refractivity contribution in [2.75, 3.05) is 0 Å². The summed E-state index contributed by atoms with van der Waals surface area (Å²) < 4.78 is 0. The molecule has 3 aromatic carbocycles. The molecule has 0 spiro atoms. The van der Waals surface area contributed by atoms with E-state index in [0.717, 1.165) is 17.5 Å². The summed E-state index contributed by atoms with van der Waals surface area (Å²) in [5, 5.41) is 0. The van der Waals surface area contributed by atoms with Gasteiger partial charge in [0.1, 0.15) is 0 Å². The van der Waals surface area contributed by atoms with Gasteiger partial charge in [-0.05, 0) is 46.4 Å². The van der Waals surface area contributed by atoms with Crippen molar-refractivity contribution < 1.29 is 4.79 Å². The lowest BCUT2D eigenvalue weighted by Gasteiger charge is -2.03. The van der Waals surface area contributed by atoms with E-state index in [9.17, 15) is 4.79 Å². The van der Waals surface area contributed by atoms with Gasteiger partial charge in [-0.1, -0.05) is 72.8 Å². The first-order valence-corrected chi connectivity index (χ1v) is 7.80. The molecule has 0 saturated heterocycles. The average molecular weight is 296 g/mol. The first-order valence-electron chi connectivity index (χ1n) is 7.80. The van der Waals surface area contributed by atoms with Crippen LogP contribution in [-0.4, -0.2) is 5.78 Å². The summed E-state index contributed by atoms with van der Waals surface area (Å²) in [6.45, 7) is 0. The van der Waals surface area contributed by atoms with Gasteiger partial charge in [-0.15, -0.1) is 0 Å². The maximum Gasteiger partial charge on any atom is 0.185 e. The maximum absolute atomic E-state index is 12.4. The zero-order chi connectivity index (χ0) is 15.6. The molecule has 1 nitrogen and oxygen atoms in total. The van der Waals surface area contributed by atoms with Gasteiger partial charge in [-0.3, -0.25) is 4.79 Å². The Morgan fingerprint density at radius 3 is 2.39 bits per heavy atom. The molecule has 110 valence electrons. The number of hydrogen-bond acceptors (Lipinski definition) is 1. The van der Waals surface area contributed by atoms with Crippen LogP contribution in [0.2, 0.25) is 0 Å². The fourth-order valence-corrected chi connectivity index (χ4v) is 3.11. The molecule has 0 fully saturated rings. The van der Waals surface area contributed by atoms with E-state index in [0.29, 0.717) is 0 Å². The summed E-state index contributed by atoms with van der Waals surface area (Å²) in [5.74, 6) is 0.0426. The van der Waals surface area contributed by atoms with Crippen LogP contribution in [-0.2, 0) is 6.42 Å². The quantitative estimate of drug-likeness (QED) is 0.377. The third kappa shape index (κ3) is 2.62. The van der Waals surface area contributed by atoms with E-state index in [2.05, 4.69) is 30.3 Å². The fourth-order valence-electron chi connectivity index (χ4n) is 3.11. The van der Waals surface area contributed by atoms with E-state index in [1.165, 1.54) is 22.3 Å². The summed E-state index contributed by atoms with van der Waals surface area (Å²) in [6, 6.07) is 24.3. The highest BCUT2D eigenvalue weighted by Gasteiger charge is 2.18. The molecular weight excluding hydrogens is 280 g/mol. The average Bonchev–Trinajstić information content (AvgIpc) is 2.98. The lowest BCUT2D eigenvalue weighted by atomic mass is 10.0. The van der Waals surface area contributed by atoms with Crippen LogP contribution >= 0.6 is 0 Å². The number of fused-ring (bicyclic) bond motifs is 3. The fraction of sp³-hybridized carbons (Fsp3) is 0.0455. The lowest BCUT2D eigenvalue weighted by molar-refractivity contribution is 0.104. The van der Waals surface area contributed by atoms with Crippen LogP contribution in [0.3, 0.4) is 0 Å². The Morgan fingerprint density at radius 1 is 0.783 bits per heavy atom. The van der Waals surface area contributed by atoms with Crippen LogP contribution < -0.4 is 0 Å². The third-order valence-corrected chi connectivity index (χ3v) is 4.31. The number of carbonyl (C=O) groups is 1. The molecule has 4 rings (SSSR count). The Hall–Kier alpha value is -2.93. The highest BCUT2D eigenvalue weighted by molar-refractivity contribution is 6.07. The monoisotopic (exact) mass is 296 g/mol. The van der Waals surface area contributed by atoms with E-state index in [-0.39, 0.29) is 5.78 Å². The molecular formula is C22H16O. The van der Waals surface area contributed by atoms with Gasteiger partial charge in [-0.2, -0.15) is 0 Å². The predicted octanol–water partition coefficient (Wildman–Crippen LogP) is 5.15. The molecule has 1 heteroatoms. The molecule has 23 heavy (non-hydrogen) atoms. The zero-order valence-corrected chi connectivity index (χ0v) is 12.7. The number of ketones is 1. The number of carbonyl (C=O) groups excluding carboxylic acids is 1. The largest absolute Gasteiger partial charge is 0.289 e. The van der Waals surface area contributed by atoms with Crippen LogP contribution in [0.25, 0.3) is 17.2 Å². The third-order valence-electron chi connectivity index (χ3n) is 4.31. The van der Waals surface area contributed by atoms with Crippen LogP contribution in [0.15, 0.2) is 78.9 Å². The Morgan fingerprint density at radius 2 is 1.52 bits per heavy atom. The Labute approximate surface area is 135 Å². The van der Waals surface area contributed by atoms with Gasteiger partial charge in [0.05, 0.1) is 0 Å². The second-order valence-corrected chi connectivity index (χ2v) is 5.81. The molecule has 0 atom stereocenters. The van der Waals surface area contributed by atoms with Crippen molar-refractivity contribution in [1.82, 2.24) is 0 Å². The van der Waals surface area contributed by atoms with Crippen molar-refractivity contribution in [3.05, 3.63) is 101 Å². The summed E-state index contributed by atoms with van der Waals surface area (Å²) >= 11 is 0. The minimum absolute atomic E-state index is 0.0426. The predicted molar refractivity (Wildman–Crippen MR) is 94.5 cm³/mol. The molecule has 1 aliphatic rings. The summed E-state index contributed by atoms with van der Waals surface area (Å²) in [6.07, 6.45) is 4.47. The Kier molecular flexibility index (Phi) is 3.39. The van der Waals surface area contributed by atoms with E-state index in [1.807, 2.05) is 48.5 Å². The first kappa shape index (κ1) is 13.7. The van der Waals surface area contributed by atoms with E-state index >= 15 is 0 Å². The van der Waals surface area contributed by atoms with E-state index < -0.39 is 0 Å². The van der Waals surface area contributed by atoms with Gasteiger partial charge in [0, 0.05) is 5.56 Å². The maximum atomic E-state index is 12.4. The van der Waals surface area contributed by atoms with Gasteiger partial charge in [0.2, 0.25) is 0 Å². The summed E-state index contributed by atoms with van der Waals surface area (Å²) in [7, 11) is 0. The summed E-state index contributed by atoms with van der Waals surface area (Å²) in [5.41, 5.74) is 6.87. The molecule has 0 heterocycles. The molecule has 1 aliphatic carbocycles. The normalized spacial score (nSPS) is 12.2.